The molecule has 1 aliphatic rings. The van der Waals surface area contributed by atoms with Gasteiger partial charge in [-0.2, -0.15) is 0 Å². The Morgan fingerprint density at radius 3 is 2.22 bits per heavy atom. The van der Waals surface area contributed by atoms with Gasteiger partial charge in [0.05, 0.1) is 5.69 Å². The third-order valence-electron chi connectivity index (χ3n) is 6.90. The smallest absolute Gasteiger partial charge is 0.170 e. The molecule has 5 heteroatoms. The minimum Gasteiger partial charge on any atom is -0.309 e. The zero-order valence-corrected chi connectivity index (χ0v) is 20.3. The van der Waals surface area contributed by atoms with Crippen molar-refractivity contribution in [3.63, 3.8) is 0 Å². The second-order valence-electron chi connectivity index (χ2n) is 8.98. The Morgan fingerprint density at radius 2 is 1.44 bits per heavy atom. The van der Waals surface area contributed by atoms with Crippen LogP contribution in [0, 0.1) is 0 Å². The maximum atomic E-state index is 14.6. The summed E-state index contributed by atoms with van der Waals surface area (Å²) in [5.74, 6) is 0. The van der Waals surface area contributed by atoms with E-state index in [4.69, 9.17) is 9.97 Å². The first-order valence-electron chi connectivity index (χ1n) is 12.0. The summed E-state index contributed by atoms with van der Waals surface area (Å²) in [4.78, 5) is 9.95. The van der Waals surface area contributed by atoms with Crippen LogP contribution >= 0.6 is 7.14 Å². The number of aromatic nitrogens is 3. The predicted molar refractivity (Wildman–Crippen MR) is 149 cm³/mol. The number of pyridine rings is 2. The van der Waals surface area contributed by atoms with Gasteiger partial charge in [0.15, 0.2) is 12.8 Å². The lowest BCUT2D eigenvalue weighted by Gasteiger charge is -2.20. The molecule has 1 unspecified atom stereocenters. The Labute approximate surface area is 208 Å². The fourth-order valence-electron chi connectivity index (χ4n) is 5.15. The molecule has 0 radical (unpaired) electrons. The van der Waals surface area contributed by atoms with Gasteiger partial charge >= 0.3 is 0 Å². The van der Waals surface area contributed by atoms with E-state index in [-0.39, 0.29) is 0 Å². The van der Waals surface area contributed by atoms with Crippen molar-refractivity contribution in [2.24, 2.45) is 0 Å². The van der Waals surface area contributed by atoms with Crippen LogP contribution in [0.3, 0.4) is 0 Å². The highest BCUT2D eigenvalue weighted by Crippen LogP contribution is 2.53. The highest BCUT2D eigenvalue weighted by Gasteiger charge is 2.31. The van der Waals surface area contributed by atoms with Crippen LogP contribution in [-0.4, -0.2) is 14.4 Å². The molecule has 4 nitrogen and oxygen atoms in total. The molecule has 36 heavy (non-hydrogen) atoms. The molecule has 6 aromatic rings. The van der Waals surface area contributed by atoms with Gasteiger partial charge < -0.3 is 4.57 Å². The van der Waals surface area contributed by atoms with Crippen molar-refractivity contribution in [2.75, 3.05) is 0 Å². The van der Waals surface area contributed by atoms with Crippen LogP contribution in [0.1, 0.15) is 6.42 Å². The number of hydrogen-bond donors (Lipinski definition) is 0. The number of rotatable bonds is 4. The van der Waals surface area contributed by atoms with Crippen molar-refractivity contribution in [1.29, 1.82) is 0 Å². The first kappa shape index (κ1) is 21.0. The molecular weight excluding hydrogens is 461 g/mol. The second-order valence-corrected chi connectivity index (χ2v) is 11.7. The van der Waals surface area contributed by atoms with E-state index in [2.05, 4.69) is 24.3 Å². The summed E-state index contributed by atoms with van der Waals surface area (Å²) in [5, 5.41) is 4.70. The van der Waals surface area contributed by atoms with Crippen molar-refractivity contribution in [1.82, 2.24) is 14.4 Å². The number of fused-ring (bicyclic) bond motifs is 5. The first-order chi connectivity index (χ1) is 17.7. The number of imidazole rings is 1. The molecule has 172 valence electrons. The van der Waals surface area contributed by atoms with E-state index < -0.39 is 7.14 Å². The number of nitrogens with zero attached hydrogens (tertiary/aromatic N) is 3. The largest absolute Gasteiger partial charge is 0.309 e. The third kappa shape index (κ3) is 3.12. The van der Waals surface area contributed by atoms with E-state index in [9.17, 15) is 4.57 Å². The van der Waals surface area contributed by atoms with Gasteiger partial charge in [-0.1, -0.05) is 103 Å². The molecule has 3 heterocycles. The summed E-state index contributed by atoms with van der Waals surface area (Å²) in [6, 6.07) is 32.2. The Morgan fingerprint density at radius 1 is 0.722 bits per heavy atom. The summed E-state index contributed by atoms with van der Waals surface area (Å²) >= 11 is 0. The molecule has 0 saturated carbocycles. The maximum absolute atomic E-state index is 14.6. The van der Waals surface area contributed by atoms with Crippen LogP contribution in [0.2, 0.25) is 0 Å². The predicted octanol–water partition coefficient (Wildman–Crippen LogP) is 6.86. The number of allylic oxidation sites excluding steroid dienone is 4. The van der Waals surface area contributed by atoms with Crippen LogP contribution in [0.5, 0.6) is 0 Å². The minimum absolute atomic E-state index is 0.819. The standard InChI is InChI=1S/C31H22N3OP/c35-36(24-12-4-5-13-24,23-10-2-1-3-11-23)25-19-17-22(18-20-25)29-26-14-6-7-15-27(26)30-31(33-29)34-21-9-8-16-28(34)32-30/h1-4,6-21H,5H2. The molecule has 0 spiro atoms. The zero-order chi connectivity index (χ0) is 24.1. The average Bonchev–Trinajstić information content (AvgIpc) is 3.62. The summed E-state index contributed by atoms with van der Waals surface area (Å²) in [7, 11) is -2.95. The molecule has 7 rings (SSSR count). The Kier molecular flexibility index (Phi) is 4.77. The molecule has 3 aromatic carbocycles. The van der Waals surface area contributed by atoms with Gasteiger partial charge in [0.2, 0.25) is 0 Å². The van der Waals surface area contributed by atoms with Gasteiger partial charge in [0, 0.05) is 38.5 Å². The molecule has 3 aromatic heterocycles. The average molecular weight is 484 g/mol. The molecule has 0 aliphatic heterocycles. The van der Waals surface area contributed by atoms with Gasteiger partial charge in [-0.25, -0.2) is 9.97 Å². The molecule has 0 amide bonds. The third-order valence-corrected chi connectivity index (χ3v) is 10.0. The van der Waals surface area contributed by atoms with Crippen LogP contribution in [-0.2, 0) is 4.57 Å². The zero-order valence-electron chi connectivity index (χ0n) is 19.5. The summed E-state index contributed by atoms with van der Waals surface area (Å²) in [6.07, 6.45) is 8.98. The number of benzene rings is 3. The molecule has 0 fully saturated rings. The summed E-state index contributed by atoms with van der Waals surface area (Å²) in [6.45, 7) is 0. The Bertz CT molecular complexity index is 1880. The highest BCUT2D eigenvalue weighted by atomic mass is 31.2. The van der Waals surface area contributed by atoms with Crippen molar-refractivity contribution in [3.8, 4) is 11.3 Å². The molecule has 0 saturated heterocycles. The SMILES string of the molecule is O=P(C1=CCC=C1)(c1ccccc1)c1ccc(-c2nc3c(nc4ccccn43)c3ccccc23)cc1. The normalized spacial score (nSPS) is 14.9. The summed E-state index contributed by atoms with van der Waals surface area (Å²) in [5.41, 5.74) is 4.48. The lowest BCUT2D eigenvalue weighted by molar-refractivity contribution is 0.591. The lowest BCUT2D eigenvalue weighted by Crippen LogP contribution is -2.16. The van der Waals surface area contributed by atoms with E-state index in [1.54, 1.807) is 0 Å². The van der Waals surface area contributed by atoms with Gasteiger partial charge in [-0.15, -0.1) is 0 Å². The monoisotopic (exact) mass is 483 g/mol. The van der Waals surface area contributed by atoms with Gasteiger partial charge in [-0.3, -0.25) is 4.40 Å². The second kappa shape index (κ2) is 8.15. The quantitative estimate of drug-likeness (QED) is 0.257. The van der Waals surface area contributed by atoms with E-state index in [1.807, 2.05) is 102 Å². The molecular formula is C31H22N3OP. The molecule has 1 atom stereocenters. The van der Waals surface area contributed by atoms with E-state index in [0.29, 0.717) is 0 Å². The minimum atomic E-state index is -2.95. The molecule has 0 N–H and O–H groups in total. The number of hydrogen-bond acceptors (Lipinski definition) is 3. The first-order valence-corrected chi connectivity index (χ1v) is 13.7. The topological polar surface area (TPSA) is 47.3 Å². The lowest BCUT2D eigenvalue weighted by atomic mass is 10.0. The summed E-state index contributed by atoms with van der Waals surface area (Å²) < 4.78 is 16.6. The highest BCUT2D eigenvalue weighted by molar-refractivity contribution is 7.82. The van der Waals surface area contributed by atoms with Crippen molar-refractivity contribution in [3.05, 3.63) is 127 Å². The Hall–Kier alpha value is -4.27. The fraction of sp³-hybridized carbons (Fsp3) is 0.0323. The van der Waals surface area contributed by atoms with E-state index >= 15 is 0 Å². The van der Waals surface area contributed by atoms with Crippen molar-refractivity contribution < 1.29 is 4.57 Å². The maximum Gasteiger partial charge on any atom is 0.170 e. The van der Waals surface area contributed by atoms with Crippen LogP contribution in [0.4, 0.5) is 0 Å². The Balaban J connectivity index is 1.43. The van der Waals surface area contributed by atoms with Gasteiger partial charge in [0.1, 0.15) is 11.2 Å². The van der Waals surface area contributed by atoms with Crippen LogP contribution in [0.25, 0.3) is 38.8 Å². The molecule has 1 aliphatic carbocycles. The van der Waals surface area contributed by atoms with Gasteiger partial charge in [0.25, 0.3) is 0 Å². The van der Waals surface area contributed by atoms with Crippen LogP contribution in [0.15, 0.2) is 127 Å². The van der Waals surface area contributed by atoms with Crippen LogP contribution < -0.4 is 10.6 Å². The fourth-order valence-corrected chi connectivity index (χ4v) is 7.88. The van der Waals surface area contributed by atoms with Crippen molar-refractivity contribution in [2.45, 2.75) is 6.42 Å². The van der Waals surface area contributed by atoms with Crippen molar-refractivity contribution >= 4 is 45.3 Å². The van der Waals surface area contributed by atoms with E-state index in [0.717, 1.165) is 61.2 Å². The van der Waals surface area contributed by atoms with E-state index in [1.165, 1.54) is 0 Å². The van der Waals surface area contributed by atoms with Gasteiger partial charge in [-0.05, 0) is 18.6 Å². The molecule has 0 bridgehead atoms.